The van der Waals surface area contributed by atoms with Gasteiger partial charge in [0, 0.05) is 31.4 Å². The molecule has 2 atom stereocenters. The average Bonchev–Trinajstić information content (AvgIpc) is 2.82. The Balaban J connectivity index is 1.45. The third-order valence-corrected chi connectivity index (χ3v) is 6.01. The lowest BCUT2D eigenvalue weighted by atomic mass is 9.97. The lowest BCUT2D eigenvalue weighted by Crippen LogP contribution is -2.52. The molecular weight excluding hydrogens is 415 g/mol. The van der Waals surface area contributed by atoms with E-state index in [-0.39, 0.29) is 43.3 Å². The molecule has 0 aromatic heterocycles. The lowest BCUT2D eigenvalue weighted by Gasteiger charge is -2.40. The first-order valence-corrected chi connectivity index (χ1v) is 10.8. The second kappa shape index (κ2) is 10.2. The molecule has 0 bridgehead atoms. The molecule has 4 rings (SSSR count). The molecule has 2 saturated heterocycles. The second-order valence-corrected chi connectivity index (χ2v) is 8.13. The third kappa shape index (κ3) is 5.15. The van der Waals surface area contributed by atoms with E-state index in [1.54, 1.807) is 29.2 Å². The summed E-state index contributed by atoms with van der Waals surface area (Å²) in [6.45, 7) is 1.07. The van der Waals surface area contributed by atoms with Crippen LogP contribution in [0.2, 0.25) is 0 Å². The Bertz CT molecular complexity index is 928. The van der Waals surface area contributed by atoms with Crippen molar-refractivity contribution in [3.05, 3.63) is 65.5 Å². The van der Waals surface area contributed by atoms with Gasteiger partial charge in [0.1, 0.15) is 18.5 Å². The van der Waals surface area contributed by atoms with E-state index in [1.807, 2.05) is 12.1 Å². The smallest absolute Gasteiger partial charge is 0.249 e. The first-order valence-electron chi connectivity index (χ1n) is 10.8. The molecule has 2 aliphatic rings. The van der Waals surface area contributed by atoms with Crippen LogP contribution in [0.4, 0.5) is 10.1 Å². The van der Waals surface area contributed by atoms with Crippen LogP contribution in [-0.2, 0) is 25.6 Å². The van der Waals surface area contributed by atoms with E-state index in [0.717, 1.165) is 24.0 Å². The number of carbonyl (C=O) groups excluding carboxylic acids is 2. The molecule has 32 heavy (non-hydrogen) atoms. The monoisotopic (exact) mass is 442 g/mol. The number of amides is 2. The number of hydrogen-bond acceptors (Lipinski definition) is 5. The van der Waals surface area contributed by atoms with E-state index >= 15 is 0 Å². The zero-order valence-corrected chi connectivity index (χ0v) is 17.7. The summed E-state index contributed by atoms with van der Waals surface area (Å²) in [5, 5.41) is 13.0. The number of nitrogens with zero attached hydrogens (tertiary/aromatic N) is 1. The minimum Gasteiger partial charge on any atom is -0.394 e. The molecule has 0 aliphatic carbocycles. The molecule has 2 amide bonds. The summed E-state index contributed by atoms with van der Waals surface area (Å²) < 4.78 is 24.3. The minimum atomic E-state index is -0.580. The molecule has 8 heteroatoms. The quantitative estimate of drug-likeness (QED) is 0.718. The second-order valence-electron chi connectivity index (χ2n) is 8.13. The van der Waals surface area contributed by atoms with Crippen molar-refractivity contribution in [3.63, 3.8) is 0 Å². The van der Waals surface area contributed by atoms with Crippen molar-refractivity contribution in [1.82, 2.24) is 4.90 Å². The van der Waals surface area contributed by atoms with Crippen molar-refractivity contribution in [2.75, 3.05) is 31.7 Å². The largest absolute Gasteiger partial charge is 0.394 e. The number of carbonyl (C=O) groups is 2. The van der Waals surface area contributed by atoms with Gasteiger partial charge in [0.25, 0.3) is 0 Å². The average molecular weight is 442 g/mol. The summed E-state index contributed by atoms with van der Waals surface area (Å²) >= 11 is 0. The van der Waals surface area contributed by atoms with Crippen LogP contribution >= 0.6 is 0 Å². The molecule has 0 saturated carbocycles. The Kier molecular flexibility index (Phi) is 7.14. The van der Waals surface area contributed by atoms with E-state index in [9.17, 15) is 19.1 Å². The van der Waals surface area contributed by atoms with E-state index in [0.29, 0.717) is 18.9 Å². The van der Waals surface area contributed by atoms with Crippen LogP contribution in [0, 0.1) is 11.7 Å². The highest BCUT2D eigenvalue weighted by molar-refractivity contribution is 5.92. The van der Waals surface area contributed by atoms with Crippen molar-refractivity contribution >= 4 is 17.5 Å². The topological polar surface area (TPSA) is 88.1 Å². The van der Waals surface area contributed by atoms with E-state index in [2.05, 4.69) is 5.32 Å². The SMILES string of the molecule is O=C(Nc1ccc([C@H]2OCC(=O)N(Cc3ccc(F)cc3)[C@@H]2CO)cc1)C1CCOCC1. The summed E-state index contributed by atoms with van der Waals surface area (Å²) in [5.41, 5.74) is 2.25. The molecule has 2 heterocycles. The van der Waals surface area contributed by atoms with Gasteiger partial charge < -0.3 is 24.8 Å². The summed E-state index contributed by atoms with van der Waals surface area (Å²) in [5.74, 6) is -0.637. The maximum atomic E-state index is 13.2. The molecule has 0 spiro atoms. The molecular formula is C24H27FN2O5. The van der Waals surface area contributed by atoms with Crippen LogP contribution in [0.15, 0.2) is 48.5 Å². The zero-order valence-electron chi connectivity index (χ0n) is 17.7. The summed E-state index contributed by atoms with van der Waals surface area (Å²) in [6.07, 6.45) is 0.921. The van der Waals surface area contributed by atoms with Gasteiger partial charge in [-0.1, -0.05) is 24.3 Å². The van der Waals surface area contributed by atoms with Crippen LogP contribution in [0.5, 0.6) is 0 Å². The highest BCUT2D eigenvalue weighted by Crippen LogP contribution is 2.31. The van der Waals surface area contributed by atoms with Gasteiger partial charge >= 0.3 is 0 Å². The predicted octanol–water partition coefficient (Wildman–Crippen LogP) is 2.65. The van der Waals surface area contributed by atoms with Crippen molar-refractivity contribution in [2.24, 2.45) is 5.92 Å². The molecule has 0 unspecified atom stereocenters. The number of rotatable bonds is 6. The maximum Gasteiger partial charge on any atom is 0.249 e. The Morgan fingerprint density at radius 1 is 1.09 bits per heavy atom. The predicted molar refractivity (Wildman–Crippen MR) is 115 cm³/mol. The number of morpholine rings is 1. The summed E-state index contributed by atoms with van der Waals surface area (Å²) in [4.78, 5) is 26.5. The maximum absolute atomic E-state index is 13.2. The number of ether oxygens (including phenoxy) is 2. The van der Waals surface area contributed by atoms with Crippen molar-refractivity contribution in [2.45, 2.75) is 31.5 Å². The minimum absolute atomic E-state index is 0.0146. The van der Waals surface area contributed by atoms with Crippen LogP contribution in [-0.4, -0.2) is 54.3 Å². The number of aliphatic hydroxyl groups excluding tert-OH is 1. The molecule has 2 fully saturated rings. The fourth-order valence-corrected chi connectivity index (χ4v) is 4.17. The first-order chi connectivity index (χ1) is 15.5. The number of hydrogen-bond donors (Lipinski definition) is 2. The van der Waals surface area contributed by atoms with E-state index in [4.69, 9.17) is 9.47 Å². The standard InChI is InChI=1S/C24H27FN2O5/c25-19-5-1-16(2-6-19)13-27-21(14-28)23(32-15-22(27)29)17-3-7-20(8-4-17)26-24(30)18-9-11-31-12-10-18/h1-8,18,21,23,28H,9-15H2,(H,26,30)/t21-,23-/m1/s1. The van der Waals surface area contributed by atoms with Gasteiger partial charge in [-0.05, 0) is 48.2 Å². The molecule has 2 N–H and O–H groups in total. The first kappa shape index (κ1) is 22.4. The third-order valence-electron chi connectivity index (χ3n) is 6.01. The highest BCUT2D eigenvalue weighted by atomic mass is 19.1. The van der Waals surface area contributed by atoms with Crippen molar-refractivity contribution in [3.8, 4) is 0 Å². The van der Waals surface area contributed by atoms with E-state index < -0.39 is 12.1 Å². The number of nitrogens with one attached hydrogen (secondary N) is 1. The van der Waals surface area contributed by atoms with E-state index in [1.165, 1.54) is 12.1 Å². The Labute approximate surface area is 186 Å². The molecule has 2 aromatic carbocycles. The number of halogens is 1. The molecule has 0 radical (unpaired) electrons. The number of anilines is 1. The Hall–Kier alpha value is -2.81. The number of benzene rings is 2. The summed E-state index contributed by atoms with van der Waals surface area (Å²) in [7, 11) is 0. The van der Waals surface area contributed by atoms with Gasteiger partial charge in [0.05, 0.1) is 12.6 Å². The van der Waals surface area contributed by atoms with Gasteiger partial charge in [0.15, 0.2) is 0 Å². The zero-order chi connectivity index (χ0) is 22.5. The van der Waals surface area contributed by atoms with Gasteiger partial charge in [-0.2, -0.15) is 0 Å². The molecule has 2 aromatic rings. The molecule has 7 nitrogen and oxygen atoms in total. The summed E-state index contributed by atoms with van der Waals surface area (Å²) in [6, 6.07) is 12.6. The van der Waals surface area contributed by atoms with Gasteiger partial charge in [0.2, 0.25) is 11.8 Å². The normalized spacial score (nSPS) is 22.1. The fraction of sp³-hybridized carbons (Fsp3) is 0.417. The van der Waals surface area contributed by atoms with Crippen LogP contribution in [0.1, 0.15) is 30.1 Å². The Morgan fingerprint density at radius 3 is 2.44 bits per heavy atom. The van der Waals surface area contributed by atoms with Gasteiger partial charge in [-0.25, -0.2) is 4.39 Å². The van der Waals surface area contributed by atoms with Crippen molar-refractivity contribution in [1.29, 1.82) is 0 Å². The van der Waals surface area contributed by atoms with Crippen LogP contribution in [0.25, 0.3) is 0 Å². The van der Waals surface area contributed by atoms with Gasteiger partial charge in [-0.3, -0.25) is 9.59 Å². The van der Waals surface area contributed by atoms with Crippen LogP contribution < -0.4 is 5.32 Å². The highest BCUT2D eigenvalue weighted by Gasteiger charge is 2.37. The molecule has 2 aliphatic heterocycles. The Morgan fingerprint density at radius 2 is 1.78 bits per heavy atom. The lowest BCUT2D eigenvalue weighted by molar-refractivity contribution is -0.162. The number of aliphatic hydroxyl groups is 1. The van der Waals surface area contributed by atoms with Gasteiger partial charge in [-0.15, -0.1) is 0 Å². The van der Waals surface area contributed by atoms with Crippen LogP contribution in [0.3, 0.4) is 0 Å². The van der Waals surface area contributed by atoms with Crippen molar-refractivity contribution < 1.29 is 28.6 Å². The fourth-order valence-electron chi connectivity index (χ4n) is 4.17. The molecule has 170 valence electrons.